The normalized spacial score (nSPS) is 18.3. The van der Waals surface area contributed by atoms with Crippen molar-refractivity contribution < 1.29 is 0 Å². The summed E-state index contributed by atoms with van der Waals surface area (Å²) in [5, 5.41) is 1.16. The molecule has 0 unspecified atom stereocenters. The highest BCUT2D eigenvalue weighted by Gasteiger charge is 2.24. The van der Waals surface area contributed by atoms with E-state index in [1.165, 1.54) is 24.8 Å². The summed E-state index contributed by atoms with van der Waals surface area (Å²) in [5.41, 5.74) is 4.13. The van der Waals surface area contributed by atoms with Crippen molar-refractivity contribution in [1.29, 1.82) is 0 Å². The Morgan fingerprint density at radius 1 is 1.14 bits per heavy atom. The van der Waals surface area contributed by atoms with Gasteiger partial charge in [0.05, 0.1) is 16.8 Å². The van der Waals surface area contributed by atoms with Gasteiger partial charge in [0.15, 0.2) is 0 Å². The molecule has 5 heteroatoms. The number of nitrogens with zero attached hydrogens (tertiary/aromatic N) is 3. The largest absolute Gasteiger partial charge is 0.310 e. The highest BCUT2D eigenvalue weighted by atomic mass is 16.1. The van der Waals surface area contributed by atoms with Gasteiger partial charge in [-0.1, -0.05) is 37.5 Å². The van der Waals surface area contributed by atoms with Gasteiger partial charge in [0.1, 0.15) is 5.82 Å². The first kappa shape index (κ1) is 17.6. The van der Waals surface area contributed by atoms with E-state index >= 15 is 0 Å². The van der Waals surface area contributed by atoms with E-state index in [0.29, 0.717) is 12.5 Å². The molecule has 0 saturated heterocycles. The van der Waals surface area contributed by atoms with Gasteiger partial charge in [0, 0.05) is 43.6 Å². The topological polar surface area (TPSA) is 61.9 Å². The number of pyridine rings is 1. The van der Waals surface area contributed by atoms with Gasteiger partial charge in [-0.15, -0.1) is 0 Å². The zero-order valence-electron chi connectivity index (χ0n) is 16.2. The van der Waals surface area contributed by atoms with Crippen molar-refractivity contribution in [3.63, 3.8) is 0 Å². The third-order valence-electron chi connectivity index (χ3n) is 6.21. The van der Waals surface area contributed by atoms with Gasteiger partial charge in [-0.3, -0.25) is 14.7 Å². The quantitative estimate of drug-likeness (QED) is 0.755. The predicted molar refractivity (Wildman–Crippen MR) is 110 cm³/mol. The Morgan fingerprint density at radius 2 is 2.00 bits per heavy atom. The van der Waals surface area contributed by atoms with Crippen LogP contribution in [0.25, 0.3) is 10.9 Å². The Labute approximate surface area is 164 Å². The fourth-order valence-corrected chi connectivity index (χ4v) is 4.67. The number of para-hydroxylation sites is 1. The fourth-order valence-electron chi connectivity index (χ4n) is 4.67. The van der Waals surface area contributed by atoms with Crippen LogP contribution in [-0.2, 0) is 19.5 Å². The van der Waals surface area contributed by atoms with Crippen LogP contribution < -0.4 is 5.56 Å². The van der Waals surface area contributed by atoms with Gasteiger partial charge in [-0.25, -0.2) is 4.98 Å². The predicted octanol–water partition coefficient (Wildman–Crippen LogP) is 3.92. The standard InChI is InChI=1S/C23H26N4O/c28-23-19-15-27(14-16-12-18-8-4-5-9-20(18)24-13-16)11-10-21(19)25-22(26-23)17-6-2-1-3-7-17/h4-5,8-9,12-13,17H,1-3,6-7,10-11,14-15H2,(H,25,26,28). The van der Waals surface area contributed by atoms with E-state index < -0.39 is 0 Å². The third-order valence-corrected chi connectivity index (χ3v) is 6.21. The lowest BCUT2D eigenvalue weighted by Gasteiger charge is -2.29. The maximum absolute atomic E-state index is 12.8. The lowest BCUT2D eigenvalue weighted by Crippen LogP contribution is -2.36. The molecule has 1 aliphatic carbocycles. The molecule has 0 amide bonds. The summed E-state index contributed by atoms with van der Waals surface area (Å²) in [6, 6.07) is 10.4. The van der Waals surface area contributed by atoms with E-state index in [-0.39, 0.29) is 5.56 Å². The third kappa shape index (κ3) is 3.47. The van der Waals surface area contributed by atoms with Gasteiger partial charge >= 0.3 is 0 Å². The van der Waals surface area contributed by atoms with E-state index in [9.17, 15) is 4.79 Å². The molecular weight excluding hydrogens is 348 g/mol. The molecule has 5 nitrogen and oxygen atoms in total. The number of fused-ring (bicyclic) bond motifs is 2. The Balaban J connectivity index is 1.35. The molecule has 3 heterocycles. The molecule has 1 fully saturated rings. The molecule has 1 N–H and O–H groups in total. The van der Waals surface area contributed by atoms with Crippen LogP contribution in [0.1, 0.15) is 60.7 Å². The summed E-state index contributed by atoms with van der Waals surface area (Å²) in [4.78, 5) is 27.6. The van der Waals surface area contributed by atoms with Gasteiger partial charge in [-0.2, -0.15) is 0 Å². The lowest BCUT2D eigenvalue weighted by atomic mass is 9.88. The SMILES string of the molecule is O=c1[nH]c(C2CCCCC2)nc2c1CN(Cc1cnc3ccccc3c1)CC2. The average Bonchev–Trinajstić information content (AvgIpc) is 2.74. The van der Waals surface area contributed by atoms with Crippen molar-refractivity contribution >= 4 is 10.9 Å². The maximum atomic E-state index is 12.8. The van der Waals surface area contributed by atoms with Gasteiger partial charge in [0.25, 0.3) is 5.56 Å². The average molecular weight is 374 g/mol. The lowest BCUT2D eigenvalue weighted by molar-refractivity contribution is 0.241. The number of aromatic nitrogens is 3. The van der Waals surface area contributed by atoms with Crippen molar-refractivity contribution in [2.24, 2.45) is 0 Å². The first-order valence-electron chi connectivity index (χ1n) is 10.4. The van der Waals surface area contributed by atoms with Crippen LogP contribution in [0.5, 0.6) is 0 Å². The molecule has 0 spiro atoms. The first-order valence-corrected chi connectivity index (χ1v) is 10.4. The molecule has 0 atom stereocenters. The summed E-state index contributed by atoms with van der Waals surface area (Å²) < 4.78 is 0. The number of benzene rings is 1. The van der Waals surface area contributed by atoms with Crippen LogP contribution in [0, 0.1) is 0 Å². The molecule has 2 aliphatic rings. The Morgan fingerprint density at radius 3 is 2.89 bits per heavy atom. The van der Waals surface area contributed by atoms with Crippen LogP contribution in [-0.4, -0.2) is 26.4 Å². The van der Waals surface area contributed by atoms with E-state index in [1.54, 1.807) is 0 Å². The minimum absolute atomic E-state index is 0.0620. The summed E-state index contributed by atoms with van der Waals surface area (Å²) in [6.45, 7) is 2.40. The second kappa shape index (κ2) is 7.47. The Bertz CT molecular complexity index is 1050. The van der Waals surface area contributed by atoms with Gasteiger partial charge in [-0.05, 0) is 30.5 Å². The molecule has 0 bridgehead atoms. The highest BCUT2D eigenvalue weighted by molar-refractivity contribution is 5.78. The highest BCUT2D eigenvalue weighted by Crippen LogP contribution is 2.30. The van der Waals surface area contributed by atoms with E-state index in [2.05, 4.69) is 27.0 Å². The van der Waals surface area contributed by atoms with Crippen molar-refractivity contribution in [3.8, 4) is 0 Å². The fraction of sp³-hybridized carbons (Fsp3) is 0.435. The maximum Gasteiger partial charge on any atom is 0.255 e. The van der Waals surface area contributed by atoms with Crippen LogP contribution in [0.3, 0.4) is 0 Å². The summed E-state index contributed by atoms with van der Waals surface area (Å²) in [5.74, 6) is 1.36. The number of hydrogen-bond donors (Lipinski definition) is 1. The number of aromatic amines is 1. The van der Waals surface area contributed by atoms with Crippen molar-refractivity contribution in [2.45, 2.75) is 57.5 Å². The number of H-pyrrole nitrogens is 1. The molecule has 3 aromatic rings. The summed E-state index contributed by atoms with van der Waals surface area (Å²) in [6.07, 6.45) is 8.92. The molecule has 1 aromatic carbocycles. The summed E-state index contributed by atoms with van der Waals surface area (Å²) >= 11 is 0. The van der Waals surface area contributed by atoms with Crippen LogP contribution in [0.2, 0.25) is 0 Å². The Hall–Kier alpha value is -2.53. The van der Waals surface area contributed by atoms with Gasteiger partial charge < -0.3 is 4.98 Å². The molecule has 0 radical (unpaired) electrons. The second-order valence-corrected chi connectivity index (χ2v) is 8.21. The second-order valence-electron chi connectivity index (χ2n) is 8.21. The molecule has 1 aliphatic heterocycles. The minimum Gasteiger partial charge on any atom is -0.310 e. The monoisotopic (exact) mass is 374 g/mol. The first-order chi connectivity index (χ1) is 13.8. The van der Waals surface area contributed by atoms with Gasteiger partial charge in [0.2, 0.25) is 0 Å². The van der Waals surface area contributed by atoms with Crippen molar-refractivity contribution in [2.75, 3.05) is 6.54 Å². The zero-order valence-corrected chi connectivity index (χ0v) is 16.2. The molecular formula is C23H26N4O. The zero-order chi connectivity index (χ0) is 18.9. The molecule has 1 saturated carbocycles. The Kier molecular flexibility index (Phi) is 4.69. The smallest absolute Gasteiger partial charge is 0.255 e. The number of hydrogen-bond acceptors (Lipinski definition) is 4. The number of nitrogens with one attached hydrogen (secondary N) is 1. The van der Waals surface area contributed by atoms with Crippen LogP contribution in [0.4, 0.5) is 0 Å². The molecule has 2 aromatic heterocycles. The van der Waals surface area contributed by atoms with Crippen LogP contribution in [0.15, 0.2) is 41.3 Å². The van der Waals surface area contributed by atoms with Crippen molar-refractivity contribution in [1.82, 2.24) is 19.9 Å². The van der Waals surface area contributed by atoms with E-state index in [4.69, 9.17) is 4.98 Å². The molecule has 28 heavy (non-hydrogen) atoms. The molecule has 144 valence electrons. The van der Waals surface area contributed by atoms with Crippen molar-refractivity contribution in [3.05, 3.63) is 69.5 Å². The number of rotatable bonds is 3. The summed E-state index contributed by atoms with van der Waals surface area (Å²) in [7, 11) is 0. The molecule has 5 rings (SSSR count). The minimum atomic E-state index is 0.0620. The van der Waals surface area contributed by atoms with E-state index in [0.717, 1.165) is 60.3 Å². The van der Waals surface area contributed by atoms with Crippen LogP contribution >= 0.6 is 0 Å². The van der Waals surface area contributed by atoms with E-state index in [1.807, 2.05) is 24.4 Å².